The van der Waals surface area contributed by atoms with E-state index < -0.39 is 24.0 Å². The maximum absolute atomic E-state index is 11.6. The molecule has 26 heavy (non-hydrogen) atoms. The second kappa shape index (κ2) is 10.0. The molecule has 0 amide bonds. The normalized spacial score (nSPS) is 22.9. The summed E-state index contributed by atoms with van der Waals surface area (Å²) in [7, 11) is 1.25. The molecule has 1 N–H and O–H groups in total. The summed E-state index contributed by atoms with van der Waals surface area (Å²) in [5, 5.41) is 10.1. The topological polar surface area (TPSA) is 74.2 Å². The Morgan fingerprint density at radius 1 is 1.19 bits per heavy atom. The second-order valence-corrected chi connectivity index (χ2v) is 6.99. The first-order valence-corrected chi connectivity index (χ1v) is 9.16. The Kier molecular flexibility index (Phi) is 8.03. The first-order valence-electron chi connectivity index (χ1n) is 9.16. The van der Waals surface area contributed by atoms with Crippen molar-refractivity contribution < 1.29 is 28.8 Å². The van der Waals surface area contributed by atoms with E-state index in [9.17, 15) is 9.90 Å². The fourth-order valence-electron chi connectivity index (χ4n) is 3.10. The smallest absolute Gasteiger partial charge is 0.337 e. The van der Waals surface area contributed by atoms with Gasteiger partial charge in [0.25, 0.3) is 0 Å². The first-order chi connectivity index (χ1) is 12.4. The van der Waals surface area contributed by atoms with E-state index in [0.717, 1.165) is 19.3 Å². The van der Waals surface area contributed by atoms with Gasteiger partial charge in [0.05, 0.1) is 19.8 Å². The number of benzene rings is 1. The average Bonchev–Trinajstić information content (AvgIpc) is 2.95. The van der Waals surface area contributed by atoms with Crippen molar-refractivity contribution in [2.75, 3.05) is 13.7 Å². The zero-order valence-electron chi connectivity index (χ0n) is 15.8. The van der Waals surface area contributed by atoms with Gasteiger partial charge in [-0.2, -0.15) is 0 Å². The van der Waals surface area contributed by atoms with Gasteiger partial charge in [-0.1, -0.05) is 43.2 Å². The molecule has 1 saturated heterocycles. The molecule has 0 bridgehead atoms. The van der Waals surface area contributed by atoms with Gasteiger partial charge in [0.1, 0.15) is 6.10 Å². The SMILES string of the molecule is COC(=O)[C@H](O)[C@H]1OC(C)(C)O[C@@H]1CCCCCOCc1ccccc1. The third-order valence-corrected chi connectivity index (χ3v) is 4.36. The van der Waals surface area contributed by atoms with Crippen molar-refractivity contribution in [2.24, 2.45) is 0 Å². The van der Waals surface area contributed by atoms with Crippen LogP contribution in [0, 0.1) is 0 Å². The Bertz CT molecular complexity index is 544. The molecule has 1 aliphatic heterocycles. The van der Waals surface area contributed by atoms with Crippen LogP contribution in [0.2, 0.25) is 0 Å². The van der Waals surface area contributed by atoms with Gasteiger partial charge in [-0.3, -0.25) is 0 Å². The van der Waals surface area contributed by atoms with Crippen LogP contribution in [0.1, 0.15) is 45.1 Å². The van der Waals surface area contributed by atoms with Crippen molar-refractivity contribution in [3.63, 3.8) is 0 Å². The number of aliphatic hydroxyl groups excluding tert-OH is 1. The number of hydrogen-bond donors (Lipinski definition) is 1. The minimum absolute atomic E-state index is 0.329. The Morgan fingerprint density at radius 2 is 1.92 bits per heavy atom. The molecule has 1 heterocycles. The number of methoxy groups -OCH3 is 1. The van der Waals surface area contributed by atoms with Gasteiger partial charge in [0.2, 0.25) is 0 Å². The molecule has 1 aromatic rings. The predicted molar refractivity (Wildman–Crippen MR) is 96.4 cm³/mol. The Morgan fingerprint density at radius 3 is 2.62 bits per heavy atom. The van der Waals surface area contributed by atoms with Crippen LogP contribution in [0.15, 0.2) is 30.3 Å². The predicted octanol–water partition coefficient (Wildman–Crippen LogP) is 2.82. The summed E-state index contributed by atoms with van der Waals surface area (Å²) in [6, 6.07) is 10.1. The number of ether oxygens (including phenoxy) is 4. The minimum atomic E-state index is -1.33. The molecule has 0 aromatic heterocycles. The molecule has 1 aromatic carbocycles. The molecule has 0 unspecified atom stereocenters. The van der Waals surface area contributed by atoms with Gasteiger partial charge in [-0.05, 0) is 32.3 Å². The van der Waals surface area contributed by atoms with E-state index in [1.165, 1.54) is 12.7 Å². The number of hydrogen-bond acceptors (Lipinski definition) is 6. The summed E-state index contributed by atoms with van der Waals surface area (Å²) < 4.78 is 21.8. The molecule has 6 nitrogen and oxygen atoms in total. The lowest BCUT2D eigenvalue weighted by Crippen LogP contribution is -2.41. The summed E-state index contributed by atoms with van der Waals surface area (Å²) in [6.45, 7) is 4.89. The van der Waals surface area contributed by atoms with Crippen LogP contribution in [0.5, 0.6) is 0 Å². The van der Waals surface area contributed by atoms with E-state index in [2.05, 4.69) is 4.74 Å². The summed E-state index contributed by atoms with van der Waals surface area (Å²) in [6.07, 6.45) is 1.19. The maximum atomic E-state index is 11.6. The highest BCUT2D eigenvalue weighted by Gasteiger charge is 2.46. The highest BCUT2D eigenvalue weighted by atomic mass is 16.8. The lowest BCUT2D eigenvalue weighted by molar-refractivity contribution is -0.170. The highest BCUT2D eigenvalue weighted by Crippen LogP contribution is 2.33. The van der Waals surface area contributed by atoms with Gasteiger partial charge in [0.15, 0.2) is 11.9 Å². The van der Waals surface area contributed by atoms with Gasteiger partial charge in [-0.15, -0.1) is 0 Å². The molecule has 6 heteroatoms. The number of carbonyl (C=O) groups excluding carboxylic acids is 1. The lowest BCUT2D eigenvalue weighted by Gasteiger charge is -2.20. The molecule has 146 valence electrons. The monoisotopic (exact) mass is 366 g/mol. The zero-order valence-corrected chi connectivity index (χ0v) is 15.8. The van der Waals surface area contributed by atoms with E-state index >= 15 is 0 Å². The van der Waals surface area contributed by atoms with Crippen LogP contribution in [-0.4, -0.2) is 48.9 Å². The summed E-state index contributed by atoms with van der Waals surface area (Å²) in [4.78, 5) is 11.6. The quantitative estimate of drug-likeness (QED) is 0.507. The number of esters is 1. The Hall–Kier alpha value is -1.47. The van der Waals surface area contributed by atoms with E-state index in [1.807, 2.05) is 30.3 Å². The highest BCUT2D eigenvalue weighted by molar-refractivity contribution is 5.75. The van der Waals surface area contributed by atoms with Crippen LogP contribution in [0.4, 0.5) is 0 Å². The van der Waals surface area contributed by atoms with Crippen molar-refractivity contribution in [2.45, 2.75) is 70.2 Å². The minimum Gasteiger partial charge on any atom is -0.467 e. The van der Waals surface area contributed by atoms with Crippen molar-refractivity contribution in [1.29, 1.82) is 0 Å². The first kappa shape index (κ1) is 20.8. The van der Waals surface area contributed by atoms with Gasteiger partial charge in [-0.25, -0.2) is 4.79 Å². The van der Waals surface area contributed by atoms with Crippen molar-refractivity contribution in [1.82, 2.24) is 0 Å². The summed E-state index contributed by atoms with van der Waals surface area (Å²) in [5.74, 6) is -1.51. The number of unbranched alkanes of at least 4 members (excludes halogenated alkanes) is 2. The number of aliphatic hydroxyl groups is 1. The number of carbonyl (C=O) groups is 1. The fourth-order valence-corrected chi connectivity index (χ4v) is 3.10. The molecular weight excluding hydrogens is 336 g/mol. The van der Waals surface area contributed by atoms with E-state index in [0.29, 0.717) is 19.6 Å². The molecule has 2 rings (SSSR count). The molecule has 1 aliphatic rings. The average molecular weight is 366 g/mol. The van der Waals surface area contributed by atoms with Crippen LogP contribution >= 0.6 is 0 Å². The van der Waals surface area contributed by atoms with Crippen LogP contribution in [0.25, 0.3) is 0 Å². The molecule has 0 aliphatic carbocycles. The van der Waals surface area contributed by atoms with Crippen molar-refractivity contribution in [3.8, 4) is 0 Å². The molecule has 1 fully saturated rings. The lowest BCUT2D eigenvalue weighted by atomic mass is 10.0. The van der Waals surface area contributed by atoms with Gasteiger partial charge >= 0.3 is 5.97 Å². The Balaban J connectivity index is 1.66. The maximum Gasteiger partial charge on any atom is 0.337 e. The fraction of sp³-hybridized carbons (Fsp3) is 0.650. The van der Waals surface area contributed by atoms with Crippen molar-refractivity contribution in [3.05, 3.63) is 35.9 Å². The van der Waals surface area contributed by atoms with E-state index in [4.69, 9.17) is 14.2 Å². The third kappa shape index (κ3) is 6.36. The molecular formula is C20H30O6. The van der Waals surface area contributed by atoms with Crippen LogP contribution in [0.3, 0.4) is 0 Å². The standard InChI is InChI=1S/C20H30O6/c1-20(2)25-16(18(26-20)17(21)19(22)23-3)12-8-5-9-13-24-14-15-10-6-4-7-11-15/h4,6-7,10-11,16-18,21H,5,8-9,12-14H2,1-3H3/t16-,17-,18+/m1/s1. The largest absolute Gasteiger partial charge is 0.467 e. The molecule has 0 radical (unpaired) electrons. The number of rotatable bonds is 10. The van der Waals surface area contributed by atoms with E-state index in [1.54, 1.807) is 13.8 Å². The van der Waals surface area contributed by atoms with Gasteiger partial charge < -0.3 is 24.1 Å². The second-order valence-electron chi connectivity index (χ2n) is 6.99. The van der Waals surface area contributed by atoms with Crippen LogP contribution < -0.4 is 0 Å². The van der Waals surface area contributed by atoms with Crippen LogP contribution in [-0.2, 0) is 30.3 Å². The van der Waals surface area contributed by atoms with E-state index in [-0.39, 0.29) is 6.10 Å². The molecule has 3 atom stereocenters. The summed E-state index contributed by atoms with van der Waals surface area (Å²) >= 11 is 0. The zero-order chi connectivity index (χ0) is 19.0. The summed E-state index contributed by atoms with van der Waals surface area (Å²) in [5.41, 5.74) is 1.17. The van der Waals surface area contributed by atoms with Gasteiger partial charge in [0, 0.05) is 6.61 Å². The van der Waals surface area contributed by atoms with Crippen molar-refractivity contribution >= 4 is 5.97 Å². The molecule has 0 saturated carbocycles. The third-order valence-electron chi connectivity index (χ3n) is 4.36. The Labute approximate surface area is 155 Å². The molecule has 0 spiro atoms.